The molecule has 3 rings (SSSR count). The highest BCUT2D eigenvalue weighted by Gasteiger charge is 2.44. The molecule has 2 aromatic carbocycles. The zero-order chi connectivity index (χ0) is 17.4. The maximum atomic E-state index is 10.1. The second-order valence-corrected chi connectivity index (χ2v) is 6.23. The van der Waals surface area contributed by atoms with Gasteiger partial charge in [-0.1, -0.05) is 18.2 Å². The van der Waals surface area contributed by atoms with E-state index in [1.165, 1.54) is 0 Å². The summed E-state index contributed by atoms with van der Waals surface area (Å²) >= 11 is 0. The van der Waals surface area contributed by atoms with Gasteiger partial charge in [0, 0.05) is 0 Å². The van der Waals surface area contributed by atoms with E-state index in [1.807, 2.05) is 44.2 Å². The van der Waals surface area contributed by atoms with E-state index in [9.17, 15) is 20.4 Å². The molecule has 1 heterocycles. The quantitative estimate of drug-likeness (QED) is 0.657. The Balaban J connectivity index is 1.91. The molecule has 0 unspecified atom stereocenters. The molecule has 1 fully saturated rings. The Kier molecular flexibility index (Phi) is 4.76. The van der Waals surface area contributed by atoms with Crippen LogP contribution in [0, 0.1) is 13.8 Å². The molecule has 2 aromatic rings. The molecule has 0 spiro atoms. The second-order valence-electron chi connectivity index (χ2n) is 6.23. The van der Waals surface area contributed by atoms with Crippen molar-refractivity contribution in [3.63, 3.8) is 0 Å². The van der Waals surface area contributed by atoms with Crippen LogP contribution in [0.1, 0.15) is 11.1 Å². The minimum Gasteiger partial charge on any atom is -0.462 e. The maximum absolute atomic E-state index is 10.1. The van der Waals surface area contributed by atoms with Gasteiger partial charge in [0.15, 0.2) is 0 Å². The number of aryl methyl sites for hydroxylation is 2. The van der Waals surface area contributed by atoms with E-state index in [0.717, 1.165) is 21.9 Å². The van der Waals surface area contributed by atoms with Gasteiger partial charge in [-0.25, -0.2) is 0 Å². The van der Waals surface area contributed by atoms with Gasteiger partial charge in [0.1, 0.15) is 30.2 Å². The monoisotopic (exact) mass is 334 g/mol. The topological polar surface area (TPSA) is 99.4 Å². The fourth-order valence-corrected chi connectivity index (χ4v) is 2.99. The largest absolute Gasteiger partial charge is 0.462 e. The van der Waals surface area contributed by atoms with E-state index >= 15 is 0 Å². The standard InChI is InChI=1S/C18H22O6/c1-9-4-3-5-11-6-10(2)13(7-12(9)11)23-18-17(22)16(21)15(20)14(8-19)24-18/h3-7,14-22H,8H2,1-2H3/t14-,15+,16-,17-,18+/m1/s1. The van der Waals surface area contributed by atoms with Gasteiger partial charge >= 0.3 is 0 Å². The van der Waals surface area contributed by atoms with Crippen LogP contribution in [0.15, 0.2) is 30.3 Å². The van der Waals surface area contributed by atoms with Gasteiger partial charge < -0.3 is 29.9 Å². The fraction of sp³-hybridized carbons (Fsp3) is 0.444. The number of benzene rings is 2. The molecule has 0 bridgehead atoms. The summed E-state index contributed by atoms with van der Waals surface area (Å²) in [6.07, 6.45) is -6.44. The number of fused-ring (bicyclic) bond motifs is 1. The first kappa shape index (κ1) is 17.1. The lowest BCUT2D eigenvalue weighted by Gasteiger charge is -2.39. The summed E-state index contributed by atoms with van der Waals surface area (Å²) in [5.41, 5.74) is 1.94. The minimum atomic E-state index is -1.46. The Labute approximate surface area is 139 Å². The second kappa shape index (κ2) is 6.66. The Hall–Kier alpha value is -1.70. The molecule has 0 radical (unpaired) electrons. The number of aliphatic hydroxyl groups is 4. The molecule has 6 heteroatoms. The molecule has 6 nitrogen and oxygen atoms in total. The number of hydrogen-bond acceptors (Lipinski definition) is 6. The summed E-state index contributed by atoms with van der Waals surface area (Å²) in [5.74, 6) is 0.515. The highest BCUT2D eigenvalue weighted by Crippen LogP contribution is 2.31. The summed E-state index contributed by atoms with van der Waals surface area (Å²) in [6.45, 7) is 3.39. The third kappa shape index (κ3) is 2.99. The van der Waals surface area contributed by atoms with Crippen LogP contribution in [0.3, 0.4) is 0 Å². The molecule has 0 aromatic heterocycles. The van der Waals surface area contributed by atoms with E-state index in [4.69, 9.17) is 9.47 Å². The van der Waals surface area contributed by atoms with E-state index < -0.39 is 37.3 Å². The van der Waals surface area contributed by atoms with E-state index in [-0.39, 0.29) is 0 Å². The number of hydrogen-bond donors (Lipinski definition) is 4. The molecule has 1 saturated heterocycles. The molecule has 1 aliphatic rings. The van der Waals surface area contributed by atoms with Gasteiger partial charge in [0.25, 0.3) is 0 Å². The Morgan fingerprint density at radius 2 is 1.75 bits per heavy atom. The van der Waals surface area contributed by atoms with Gasteiger partial charge in [-0.05, 0) is 47.9 Å². The van der Waals surface area contributed by atoms with Crippen molar-refractivity contribution in [3.8, 4) is 5.75 Å². The predicted octanol–water partition coefficient (Wildman–Crippen LogP) is 0.635. The van der Waals surface area contributed by atoms with Crippen molar-refractivity contribution in [1.82, 2.24) is 0 Å². The summed E-state index contributed by atoms with van der Waals surface area (Å²) in [4.78, 5) is 0. The third-order valence-electron chi connectivity index (χ3n) is 4.49. The first-order valence-corrected chi connectivity index (χ1v) is 7.89. The molecular weight excluding hydrogens is 312 g/mol. The summed E-state index contributed by atoms with van der Waals surface area (Å²) < 4.78 is 11.2. The third-order valence-corrected chi connectivity index (χ3v) is 4.49. The first-order chi connectivity index (χ1) is 11.4. The average Bonchev–Trinajstić information content (AvgIpc) is 2.56. The van der Waals surface area contributed by atoms with E-state index in [1.54, 1.807) is 0 Å². The zero-order valence-electron chi connectivity index (χ0n) is 13.6. The first-order valence-electron chi connectivity index (χ1n) is 7.89. The van der Waals surface area contributed by atoms with Crippen molar-refractivity contribution in [3.05, 3.63) is 41.5 Å². The molecule has 24 heavy (non-hydrogen) atoms. The summed E-state index contributed by atoms with van der Waals surface area (Å²) in [7, 11) is 0. The highest BCUT2D eigenvalue weighted by atomic mass is 16.7. The molecule has 0 amide bonds. The van der Waals surface area contributed by atoms with Crippen LogP contribution in [0.2, 0.25) is 0 Å². The van der Waals surface area contributed by atoms with Crippen molar-refractivity contribution in [2.24, 2.45) is 0 Å². The van der Waals surface area contributed by atoms with Gasteiger partial charge in [-0.3, -0.25) is 0 Å². The number of ether oxygens (including phenoxy) is 2. The molecular formula is C18H22O6. The summed E-state index contributed by atoms with van der Waals surface area (Å²) in [6, 6.07) is 9.82. The van der Waals surface area contributed by atoms with E-state index in [2.05, 4.69) is 0 Å². The minimum absolute atomic E-state index is 0.485. The van der Waals surface area contributed by atoms with Gasteiger partial charge in [0.05, 0.1) is 6.61 Å². The zero-order valence-corrected chi connectivity index (χ0v) is 13.6. The fourth-order valence-electron chi connectivity index (χ4n) is 2.99. The molecule has 1 aliphatic heterocycles. The molecule has 0 saturated carbocycles. The smallest absolute Gasteiger partial charge is 0.229 e. The lowest BCUT2D eigenvalue weighted by atomic mass is 9.99. The van der Waals surface area contributed by atoms with E-state index in [0.29, 0.717) is 5.75 Å². The van der Waals surface area contributed by atoms with Crippen LogP contribution < -0.4 is 4.74 Å². The van der Waals surface area contributed by atoms with Crippen LogP contribution >= 0.6 is 0 Å². The predicted molar refractivity (Wildman–Crippen MR) is 87.8 cm³/mol. The Morgan fingerprint density at radius 1 is 1.00 bits per heavy atom. The lowest BCUT2D eigenvalue weighted by Crippen LogP contribution is -2.60. The van der Waals surface area contributed by atoms with Gasteiger partial charge in [-0.2, -0.15) is 0 Å². The van der Waals surface area contributed by atoms with Crippen molar-refractivity contribution < 1.29 is 29.9 Å². The maximum Gasteiger partial charge on any atom is 0.229 e. The molecule has 0 aliphatic carbocycles. The van der Waals surface area contributed by atoms with Crippen LogP contribution in [-0.4, -0.2) is 57.7 Å². The van der Waals surface area contributed by atoms with Crippen LogP contribution in [-0.2, 0) is 4.74 Å². The summed E-state index contributed by atoms with van der Waals surface area (Å²) in [5, 5.41) is 41.1. The average molecular weight is 334 g/mol. The van der Waals surface area contributed by atoms with Gasteiger partial charge in [0.2, 0.25) is 6.29 Å². The molecule has 130 valence electrons. The number of aliphatic hydroxyl groups excluding tert-OH is 4. The van der Waals surface area contributed by atoms with Crippen molar-refractivity contribution in [1.29, 1.82) is 0 Å². The van der Waals surface area contributed by atoms with Crippen molar-refractivity contribution in [2.75, 3.05) is 6.61 Å². The van der Waals surface area contributed by atoms with Crippen LogP contribution in [0.5, 0.6) is 5.75 Å². The van der Waals surface area contributed by atoms with Crippen molar-refractivity contribution in [2.45, 2.75) is 44.6 Å². The lowest BCUT2D eigenvalue weighted by molar-refractivity contribution is -0.277. The van der Waals surface area contributed by atoms with Gasteiger partial charge in [-0.15, -0.1) is 0 Å². The van der Waals surface area contributed by atoms with Crippen molar-refractivity contribution >= 4 is 10.8 Å². The molecule has 5 atom stereocenters. The number of rotatable bonds is 3. The van der Waals surface area contributed by atoms with Crippen LogP contribution in [0.4, 0.5) is 0 Å². The molecule has 4 N–H and O–H groups in total. The Morgan fingerprint density at radius 3 is 2.46 bits per heavy atom. The highest BCUT2D eigenvalue weighted by molar-refractivity contribution is 5.87. The van der Waals surface area contributed by atoms with Crippen LogP contribution in [0.25, 0.3) is 10.8 Å². The SMILES string of the molecule is Cc1cc2cccc(C)c2cc1O[C@H]1O[C@H](CO)[C@H](O)[C@@H](O)[C@H]1O. The normalized spacial score (nSPS) is 30.5. The Bertz CT molecular complexity index is 729.